The molecule has 4 aromatic carbocycles. The molecule has 372 valence electrons. The van der Waals surface area contributed by atoms with E-state index in [1.54, 1.807) is 11.8 Å². The zero-order valence-electron chi connectivity index (χ0n) is 43.1. The van der Waals surface area contributed by atoms with Crippen LogP contribution in [0.3, 0.4) is 0 Å². The molecule has 68 heavy (non-hydrogen) atoms. The maximum Gasteiger partial charge on any atom is 0.397 e. The SMILES string of the molecule is CC(C)C1CC[C@@H](C)C[C@H]1OP(Oc1ccc2ccccc2c1Sc1c(OP2OC3C[C@@H](CC[C@H]3C(C)C)C[C@@H]3CC[C@@H](C(C)C)[C@@H](C3)O2)ccc2ccccc12)O[C@@H]1C[C@H](C)CC[C@H]1C(C)C. The molecule has 4 aromatic rings. The van der Waals surface area contributed by atoms with Gasteiger partial charge in [0.25, 0.3) is 0 Å². The normalized spacial score (nSPS) is 33.1. The van der Waals surface area contributed by atoms with Gasteiger partial charge in [-0.3, -0.25) is 18.1 Å². The Balaban J connectivity index is 1.11. The van der Waals surface area contributed by atoms with Gasteiger partial charge in [0.1, 0.15) is 11.5 Å². The molecule has 9 heteroatoms. The first-order chi connectivity index (χ1) is 32.8. The van der Waals surface area contributed by atoms with Crippen LogP contribution in [-0.4, -0.2) is 24.4 Å². The Labute approximate surface area is 417 Å². The Hall–Kier alpha value is -1.95. The summed E-state index contributed by atoms with van der Waals surface area (Å²) in [5.41, 5.74) is 0. The highest BCUT2D eigenvalue weighted by Crippen LogP contribution is 2.58. The minimum atomic E-state index is -1.75. The summed E-state index contributed by atoms with van der Waals surface area (Å²) in [6.07, 6.45) is 15.9. The summed E-state index contributed by atoms with van der Waals surface area (Å²) in [7, 11) is -3.46. The summed E-state index contributed by atoms with van der Waals surface area (Å²) in [6, 6.07) is 26.2. The molecule has 0 amide bonds. The fourth-order valence-corrected chi connectivity index (χ4v) is 17.3. The van der Waals surface area contributed by atoms with E-state index in [9.17, 15) is 0 Å². The van der Waals surface area contributed by atoms with Crippen molar-refractivity contribution in [2.45, 2.75) is 187 Å². The Morgan fingerprint density at radius 1 is 0.500 bits per heavy atom. The van der Waals surface area contributed by atoms with Gasteiger partial charge in [-0.1, -0.05) is 155 Å². The van der Waals surface area contributed by atoms with Crippen molar-refractivity contribution >= 4 is 50.5 Å². The molecule has 14 atom stereocenters. The molecular formula is C59H84O6P2S. The highest BCUT2D eigenvalue weighted by molar-refractivity contribution is 8.00. The average Bonchev–Trinajstić information content (AvgIpc) is 3.30. The molecule has 1 saturated heterocycles. The van der Waals surface area contributed by atoms with E-state index in [0.717, 1.165) is 57.7 Å². The van der Waals surface area contributed by atoms with Crippen molar-refractivity contribution in [3.63, 3.8) is 0 Å². The van der Waals surface area contributed by atoms with Crippen molar-refractivity contribution in [1.29, 1.82) is 0 Å². The second kappa shape index (κ2) is 22.9. The highest BCUT2D eigenvalue weighted by Gasteiger charge is 2.44. The lowest BCUT2D eigenvalue weighted by Gasteiger charge is -2.45. The van der Waals surface area contributed by atoms with Gasteiger partial charge in [0.15, 0.2) is 0 Å². The van der Waals surface area contributed by atoms with Gasteiger partial charge in [-0.25, -0.2) is 0 Å². The van der Waals surface area contributed by atoms with Crippen LogP contribution in [0.4, 0.5) is 0 Å². The molecule has 4 bridgehead atoms. The van der Waals surface area contributed by atoms with E-state index in [4.69, 9.17) is 27.1 Å². The number of rotatable bonds is 14. The lowest BCUT2D eigenvalue weighted by Crippen LogP contribution is -2.39. The van der Waals surface area contributed by atoms with Crippen LogP contribution in [0.25, 0.3) is 21.5 Å². The molecule has 1 aliphatic heterocycles. The van der Waals surface area contributed by atoms with Crippen LogP contribution in [0.1, 0.15) is 153 Å². The first-order valence-electron chi connectivity index (χ1n) is 27.1. The number of benzene rings is 4. The summed E-state index contributed by atoms with van der Waals surface area (Å²) >= 11 is 1.75. The van der Waals surface area contributed by atoms with Gasteiger partial charge in [0.05, 0.1) is 34.2 Å². The zero-order valence-corrected chi connectivity index (χ0v) is 45.7. The van der Waals surface area contributed by atoms with Gasteiger partial charge in [-0.2, -0.15) is 0 Å². The van der Waals surface area contributed by atoms with E-state index in [1.807, 2.05) is 0 Å². The van der Waals surface area contributed by atoms with Crippen LogP contribution >= 0.6 is 29.0 Å². The monoisotopic (exact) mass is 983 g/mol. The van der Waals surface area contributed by atoms with Crippen LogP contribution in [0, 0.1) is 71.0 Å². The van der Waals surface area contributed by atoms with Crippen molar-refractivity contribution in [3.05, 3.63) is 72.8 Å². The fraction of sp³-hybridized carbons (Fsp3) is 0.661. The number of hydrogen-bond acceptors (Lipinski definition) is 7. The molecule has 5 aliphatic rings. The molecular weight excluding hydrogens is 899 g/mol. The van der Waals surface area contributed by atoms with E-state index in [0.29, 0.717) is 71.0 Å². The van der Waals surface area contributed by atoms with E-state index in [1.165, 1.54) is 68.6 Å². The Morgan fingerprint density at radius 2 is 0.941 bits per heavy atom. The molecule has 1 heterocycles. The minimum absolute atomic E-state index is 0.0852. The van der Waals surface area contributed by atoms with Crippen molar-refractivity contribution < 1.29 is 27.1 Å². The van der Waals surface area contributed by atoms with Gasteiger partial charge >= 0.3 is 17.2 Å². The lowest BCUT2D eigenvalue weighted by atomic mass is 9.68. The van der Waals surface area contributed by atoms with Crippen LogP contribution in [0.5, 0.6) is 11.5 Å². The van der Waals surface area contributed by atoms with Crippen LogP contribution in [-0.2, 0) is 18.1 Å². The first-order valence-corrected chi connectivity index (χ1v) is 30.1. The maximum absolute atomic E-state index is 7.39. The van der Waals surface area contributed by atoms with Crippen LogP contribution in [0.15, 0.2) is 82.6 Å². The van der Waals surface area contributed by atoms with Gasteiger partial charge < -0.3 is 9.05 Å². The molecule has 0 N–H and O–H groups in total. The number of fused-ring (bicyclic) bond motifs is 6. The Morgan fingerprint density at radius 3 is 1.43 bits per heavy atom. The molecule has 0 spiro atoms. The van der Waals surface area contributed by atoms with Gasteiger partial charge in [-0.15, -0.1) is 0 Å². The Bertz CT molecular complexity index is 2200. The van der Waals surface area contributed by atoms with Crippen molar-refractivity contribution in [2.75, 3.05) is 0 Å². The second-order valence-electron chi connectivity index (χ2n) is 23.6. The maximum atomic E-state index is 7.39. The van der Waals surface area contributed by atoms with Crippen molar-refractivity contribution in [3.8, 4) is 11.5 Å². The third-order valence-electron chi connectivity index (χ3n) is 17.3. The third-order valence-corrected chi connectivity index (χ3v) is 21.0. The second-order valence-corrected chi connectivity index (χ2v) is 26.7. The minimum Gasteiger partial charge on any atom is -0.426 e. The zero-order chi connectivity index (χ0) is 47.6. The van der Waals surface area contributed by atoms with Gasteiger partial charge in [-0.05, 0) is 175 Å². The summed E-state index contributed by atoms with van der Waals surface area (Å²) < 4.78 is 44.1. The molecule has 5 fully saturated rings. The smallest absolute Gasteiger partial charge is 0.397 e. The first kappa shape index (κ1) is 51.0. The predicted molar refractivity (Wildman–Crippen MR) is 285 cm³/mol. The van der Waals surface area contributed by atoms with Gasteiger partial charge in [0.2, 0.25) is 0 Å². The summed E-state index contributed by atoms with van der Waals surface area (Å²) in [6.45, 7) is 23.7. The molecule has 0 aromatic heterocycles. The van der Waals surface area contributed by atoms with Crippen LogP contribution in [0.2, 0.25) is 0 Å². The topological polar surface area (TPSA) is 55.4 Å². The van der Waals surface area contributed by atoms with Gasteiger partial charge in [0, 0.05) is 0 Å². The summed E-state index contributed by atoms with van der Waals surface area (Å²) in [5, 5.41) is 4.61. The summed E-state index contributed by atoms with van der Waals surface area (Å²) in [5.74, 6) is 8.25. The summed E-state index contributed by atoms with van der Waals surface area (Å²) in [4.78, 5) is 2.09. The molecule has 4 aliphatic carbocycles. The fourth-order valence-electron chi connectivity index (χ4n) is 13.3. The van der Waals surface area contributed by atoms with Crippen molar-refractivity contribution in [2.24, 2.45) is 71.0 Å². The van der Waals surface area contributed by atoms with Crippen molar-refractivity contribution in [1.82, 2.24) is 0 Å². The largest absolute Gasteiger partial charge is 0.426 e. The standard InChI is InChI=1S/C59H84O6P2S/c1-36(2)46-25-19-40(9)31-54(46)62-66(63-55-32-41(10)20-26-47(55)37(3)4)60-52-29-23-44-15-11-13-17-50(44)58(52)68-59-51-18-14-12-16-45(51)24-30-53(59)61-67-64-56-34-42(21-27-48(56)38(5)6)33-43-22-28-49(39(7)8)57(35-43)65-67/h11-18,23-24,29-30,36-43,46-49,54-57H,19-22,25-28,31-35H2,1-10H3/t40-,41-,42+,43+,46+,47?,48+,49+,54-,55-,56-,57?,66?,67?/m1/s1. The van der Waals surface area contributed by atoms with E-state index in [2.05, 4.69) is 142 Å². The lowest BCUT2D eigenvalue weighted by molar-refractivity contribution is -0.0273. The van der Waals surface area contributed by atoms with E-state index in [-0.39, 0.29) is 24.4 Å². The molecule has 4 unspecified atom stereocenters. The van der Waals surface area contributed by atoms with E-state index < -0.39 is 17.2 Å². The number of hydrogen-bond donors (Lipinski definition) is 0. The average molecular weight is 983 g/mol. The third kappa shape index (κ3) is 11.9. The van der Waals surface area contributed by atoms with E-state index >= 15 is 0 Å². The quantitative estimate of drug-likeness (QED) is 0.117. The predicted octanol–water partition coefficient (Wildman–Crippen LogP) is 18.6. The molecule has 4 saturated carbocycles. The highest BCUT2D eigenvalue weighted by atomic mass is 32.2. The van der Waals surface area contributed by atoms with Crippen LogP contribution < -0.4 is 9.05 Å². The molecule has 6 nitrogen and oxygen atoms in total. The Kier molecular flexibility index (Phi) is 17.1. The molecule has 9 rings (SSSR count). The molecule has 0 radical (unpaired) electrons.